The van der Waals surface area contributed by atoms with Crippen LogP contribution in [0, 0.1) is 0 Å². The summed E-state index contributed by atoms with van der Waals surface area (Å²) >= 11 is 0. The van der Waals surface area contributed by atoms with Crippen LogP contribution in [0.1, 0.15) is 12.5 Å². The van der Waals surface area contributed by atoms with Gasteiger partial charge < -0.3 is 14.4 Å². The first-order chi connectivity index (χ1) is 12.2. The molecule has 1 aromatic rings. The second-order valence-electron chi connectivity index (χ2n) is 5.62. The second kappa shape index (κ2) is 10.3. The average molecular weight is 340 g/mol. The fourth-order valence-electron chi connectivity index (χ4n) is 2.29. The highest BCUT2D eigenvalue weighted by molar-refractivity contribution is 5.82. The van der Waals surface area contributed by atoms with E-state index in [9.17, 15) is 4.79 Å². The molecule has 1 aliphatic rings. The molecule has 0 radical (unpaired) electrons. The molecule has 0 amide bonds. The van der Waals surface area contributed by atoms with E-state index in [2.05, 4.69) is 16.6 Å². The molecule has 0 aromatic heterocycles. The maximum Gasteiger partial charge on any atom is 0.331 e. The zero-order valence-electron chi connectivity index (χ0n) is 14.6. The zero-order valence-corrected chi connectivity index (χ0v) is 14.6. The molecule has 132 valence electrons. The van der Waals surface area contributed by atoms with Gasteiger partial charge in [0, 0.05) is 19.2 Å². The van der Waals surface area contributed by atoms with Gasteiger partial charge >= 0.3 is 5.97 Å². The Kier molecular flexibility index (Phi) is 7.66. The predicted octanol–water partition coefficient (Wildman–Crippen LogP) is 3.11. The molecular weight excluding hydrogens is 316 g/mol. The highest BCUT2D eigenvalue weighted by Gasteiger charge is 2.11. The molecule has 25 heavy (non-hydrogen) atoms. The predicted molar refractivity (Wildman–Crippen MR) is 99.2 cm³/mol. The lowest BCUT2D eigenvalue weighted by atomic mass is 10.2. The lowest BCUT2D eigenvalue weighted by molar-refractivity contribution is -0.139. The second-order valence-corrected chi connectivity index (χ2v) is 5.62. The van der Waals surface area contributed by atoms with E-state index in [0.717, 1.165) is 30.0 Å². The van der Waals surface area contributed by atoms with Crippen LogP contribution in [0.5, 0.6) is 0 Å². The molecule has 1 fully saturated rings. The number of rotatable bonds is 7. The maximum absolute atomic E-state index is 11.8. The number of nitrogens with zero attached hydrogens (tertiary/aromatic N) is 2. The van der Waals surface area contributed by atoms with E-state index in [-0.39, 0.29) is 12.6 Å². The van der Waals surface area contributed by atoms with Crippen molar-refractivity contribution in [2.24, 2.45) is 4.99 Å². The molecule has 1 heterocycles. The summed E-state index contributed by atoms with van der Waals surface area (Å²) < 4.78 is 10.5. The number of esters is 1. The molecule has 1 aliphatic heterocycles. The summed E-state index contributed by atoms with van der Waals surface area (Å²) in [4.78, 5) is 17.9. The molecule has 5 heteroatoms. The third-order valence-electron chi connectivity index (χ3n) is 3.70. The molecule has 0 N–H and O–H groups in total. The van der Waals surface area contributed by atoms with Crippen LogP contribution in [0.25, 0.3) is 0 Å². The minimum atomic E-state index is -0.365. The zero-order chi connectivity index (χ0) is 17.9. The van der Waals surface area contributed by atoms with E-state index < -0.39 is 0 Å². The van der Waals surface area contributed by atoms with Gasteiger partial charge in [0.25, 0.3) is 0 Å². The van der Waals surface area contributed by atoms with Crippen molar-refractivity contribution in [3.05, 3.63) is 71.6 Å². The van der Waals surface area contributed by atoms with E-state index in [1.54, 1.807) is 6.08 Å². The first-order valence-electron chi connectivity index (χ1n) is 8.26. The van der Waals surface area contributed by atoms with Gasteiger partial charge in [-0.2, -0.15) is 0 Å². The summed E-state index contributed by atoms with van der Waals surface area (Å²) in [6.07, 6.45) is 6.95. The number of benzene rings is 1. The Morgan fingerprint density at radius 3 is 2.64 bits per heavy atom. The van der Waals surface area contributed by atoms with Crippen LogP contribution < -0.4 is 0 Å². The van der Waals surface area contributed by atoms with Gasteiger partial charge in [0.05, 0.1) is 13.2 Å². The summed E-state index contributed by atoms with van der Waals surface area (Å²) in [7, 11) is 0. The van der Waals surface area contributed by atoms with Gasteiger partial charge in [0.2, 0.25) is 0 Å². The number of allylic oxidation sites excluding steroid dienone is 4. The van der Waals surface area contributed by atoms with E-state index >= 15 is 0 Å². The first kappa shape index (κ1) is 18.7. The Morgan fingerprint density at radius 2 is 1.96 bits per heavy atom. The molecule has 0 spiro atoms. The van der Waals surface area contributed by atoms with E-state index in [1.165, 1.54) is 6.08 Å². The van der Waals surface area contributed by atoms with Crippen molar-refractivity contribution in [2.75, 3.05) is 26.3 Å². The van der Waals surface area contributed by atoms with Crippen molar-refractivity contribution in [3.8, 4) is 0 Å². The molecule has 0 bridgehead atoms. The Balaban J connectivity index is 1.85. The molecule has 1 saturated heterocycles. The minimum absolute atomic E-state index is 0.272. The number of morpholine rings is 1. The highest BCUT2D eigenvalue weighted by atomic mass is 16.5. The van der Waals surface area contributed by atoms with Crippen molar-refractivity contribution < 1.29 is 14.3 Å². The summed E-state index contributed by atoms with van der Waals surface area (Å²) in [5.74, 6) is 0.443. The van der Waals surface area contributed by atoms with Crippen LogP contribution in [-0.4, -0.2) is 43.9 Å². The molecule has 2 rings (SSSR count). The lowest BCUT2D eigenvalue weighted by Gasteiger charge is -2.28. The lowest BCUT2D eigenvalue weighted by Crippen LogP contribution is -2.35. The number of hydrogen-bond acceptors (Lipinski definition) is 5. The Morgan fingerprint density at radius 1 is 1.24 bits per heavy atom. The van der Waals surface area contributed by atoms with Gasteiger partial charge in [-0.15, -0.1) is 0 Å². The monoisotopic (exact) mass is 340 g/mol. The van der Waals surface area contributed by atoms with Gasteiger partial charge in [-0.25, -0.2) is 9.79 Å². The quantitative estimate of drug-likeness (QED) is 0.331. The summed E-state index contributed by atoms with van der Waals surface area (Å²) in [6, 6.07) is 9.59. The van der Waals surface area contributed by atoms with Crippen LogP contribution in [0.15, 0.2) is 71.0 Å². The van der Waals surface area contributed by atoms with Crippen LogP contribution in [-0.2, 0) is 20.9 Å². The highest BCUT2D eigenvalue weighted by Crippen LogP contribution is 2.10. The average Bonchev–Trinajstić information content (AvgIpc) is 2.67. The number of carbonyl (C=O) groups excluding carboxylic acids is 1. The number of aliphatic imine (C=N–C) groups is 1. The molecular formula is C20H24N2O3. The largest absolute Gasteiger partial charge is 0.458 e. The van der Waals surface area contributed by atoms with Gasteiger partial charge in [-0.05, 0) is 25.3 Å². The van der Waals surface area contributed by atoms with Gasteiger partial charge in [-0.3, -0.25) is 0 Å². The van der Waals surface area contributed by atoms with Crippen molar-refractivity contribution in [1.29, 1.82) is 0 Å². The Hall–Kier alpha value is -2.66. The molecule has 1 aromatic carbocycles. The van der Waals surface area contributed by atoms with Crippen LogP contribution in [0.4, 0.5) is 0 Å². The minimum Gasteiger partial charge on any atom is -0.458 e. The Bertz CT molecular complexity index is 657. The van der Waals surface area contributed by atoms with Crippen molar-refractivity contribution in [3.63, 3.8) is 0 Å². The van der Waals surface area contributed by atoms with Crippen LogP contribution in [0.2, 0.25) is 0 Å². The smallest absolute Gasteiger partial charge is 0.331 e. The van der Waals surface area contributed by atoms with Gasteiger partial charge in [0.1, 0.15) is 12.4 Å². The van der Waals surface area contributed by atoms with E-state index in [0.29, 0.717) is 13.2 Å². The Labute approximate surface area is 149 Å². The third kappa shape index (κ3) is 6.77. The molecule has 0 saturated carbocycles. The molecule has 0 aliphatic carbocycles. The van der Waals surface area contributed by atoms with E-state index in [4.69, 9.17) is 9.47 Å². The SMILES string of the molecule is C=N\C(=C/C=C(C)/C=C/C(=O)OCc1ccccc1)N1CCOCC1. The standard InChI is InChI=1S/C20H24N2O3/c1-17(8-10-19(21-2)22-12-14-24-15-13-22)9-11-20(23)25-16-18-6-4-3-5-7-18/h3-11H,2,12-16H2,1H3/b11-9+,17-8+,19-10+. The maximum atomic E-state index is 11.8. The number of ether oxygens (including phenoxy) is 2. The van der Waals surface area contributed by atoms with Crippen LogP contribution in [0.3, 0.4) is 0 Å². The van der Waals surface area contributed by atoms with E-state index in [1.807, 2.05) is 49.4 Å². The summed E-state index contributed by atoms with van der Waals surface area (Å²) in [6.45, 7) is 8.81. The first-order valence-corrected chi connectivity index (χ1v) is 8.26. The van der Waals surface area contributed by atoms with Crippen molar-refractivity contribution in [2.45, 2.75) is 13.5 Å². The number of hydrogen-bond donors (Lipinski definition) is 0. The van der Waals surface area contributed by atoms with Crippen molar-refractivity contribution in [1.82, 2.24) is 4.90 Å². The third-order valence-corrected chi connectivity index (χ3v) is 3.70. The van der Waals surface area contributed by atoms with Crippen molar-refractivity contribution >= 4 is 12.7 Å². The molecule has 0 atom stereocenters. The fourth-order valence-corrected chi connectivity index (χ4v) is 2.29. The topological polar surface area (TPSA) is 51.1 Å². The molecule has 5 nitrogen and oxygen atoms in total. The summed E-state index contributed by atoms with van der Waals surface area (Å²) in [5.41, 5.74) is 1.89. The molecule has 0 unspecified atom stereocenters. The van der Waals surface area contributed by atoms with Gasteiger partial charge in [0.15, 0.2) is 0 Å². The number of carbonyl (C=O) groups is 1. The van der Waals surface area contributed by atoms with Gasteiger partial charge in [-0.1, -0.05) is 48.1 Å². The normalized spacial score (nSPS) is 16.1. The fraction of sp³-hybridized carbons (Fsp3) is 0.300. The summed E-state index contributed by atoms with van der Waals surface area (Å²) in [5, 5.41) is 0. The van der Waals surface area contributed by atoms with Crippen LogP contribution >= 0.6 is 0 Å².